The minimum Gasteiger partial charge on any atom is -0.349 e. The number of hydrogen-bond acceptors (Lipinski definition) is 3. The highest BCUT2D eigenvalue weighted by atomic mass is 19.1. The molecule has 0 spiro atoms. The van der Waals surface area contributed by atoms with Gasteiger partial charge in [-0.2, -0.15) is 9.78 Å². The summed E-state index contributed by atoms with van der Waals surface area (Å²) in [5.74, 6) is -0.399. The van der Waals surface area contributed by atoms with Gasteiger partial charge in [0.15, 0.2) is 0 Å². The molecular weight excluding hydrogens is 295 g/mol. The van der Waals surface area contributed by atoms with Crippen molar-refractivity contribution in [3.8, 4) is 0 Å². The molecule has 5 nitrogen and oxygen atoms in total. The Balaban J connectivity index is 1.86. The highest BCUT2D eigenvalue weighted by Gasteiger charge is 2.09. The van der Waals surface area contributed by atoms with Crippen LogP contribution in [0.5, 0.6) is 0 Å². The average Bonchev–Trinajstić information content (AvgIpc) is 2.95. The molecule has 0 aliphatic carbocycles. The van der Waals surface area contributed by atoms with E-state index in [4.69, 9.17) is 0 Å². The number of aromatic amines is 1. The summed E-state index contributed by atoms with van der Waals surface area (Å²) in [5.41, 5.74) is 1.78. The SMILES string of the molecule is O=c1c2[nH]c3ccccc3c2ncn1/N=C\c1ccccc1F. The topological polar surface area (TPSA) is 63.0 Å². The van der Waals surface area contributed by atoms with Gasteiger partial charge < -0.3 is 4.98 Å². The first-order valence-corrected chi connectivity index (χ1v) is 7.01. The predicted octanol–water partition coefficient (Wildman–Crippen LogP) is 2.90. The molecule has 4 rings (SSSR count). The Hall–Kier alpha value is -3.28. The Morgan fingerprint density at radius 2 is 1.91 bits per heavy atom. The van der Waals surface area contributed by atoms with E-state index in [9.17, 15) is 9.18 Å². The van der Waals surface area contributed by atoms with Crippen LogP contribution in [0.4, 0.5) is 4.39 Å². The fourth-order valence-electron chi connectivity index (χ4n) is 2.48. The van der Waals surface area contributed by atoms with E-state index >= 15 is 0 Å². The van der Waals surface area contributed by atoms with Crippen LogP contribution >= 0.6 is 0 Å². The average molecular weight is 306 g/mol. The third-order valence-electron chi connectivity index (χ3n) is 3.62. The van der Waals surface area contributed by atoms with E-state index < -0.39 is 5.82 Å². The number of nitrogens with zero attached hydrogens (tertiary/aromatic N) is 3. The first-order chi connectivity index (χ1) is 11.2. The van der Waals surface area contributed by atoms with Gasteiger partial charge in [0.25, 0.3) is 5.56 Å². The minimum atomic E-state index is -0.399. The van der Waals surface area contributed by atoms with Crippen molar-refractivity contribution in [2.24, 2.45) is 5.10 Å². The Labute approximate surface area is 129 Å². The second-order valence-corrected chi connectivity index (χ2v) is 5.05. The van der Waals surface area contributed by atoms with Crippen LogP contribution in [-0.4, -0.2) is 20.9 Å². The van der Waals surface area contributed by atoms with Gasteiger partial charge in [0.2, 0.25) is 0 Å². The molecule has 0 saturated carbocycles. The quantitative estimate of drug-likeness (QED) is 0.579. The lowest BCUT2D eigenvalue weighted by Crippen LogP contribution is -2.17. The van der Waals surface area contributed by atoms with Gasteiger partial charge in [0.1, 0.15) is 23.2 Å². The lowest BCUT2D eigenvalue weighted by atomic mass is 10.2. The number of nitrogens with one attached hydrogen (secondary N) is 1. The maximum absolute atomic E-state index is 13.6. The molecule has 0 aliphatic rings. The van der Waals surface area contributed by atoms with Crippen molar-refractivity contribution in [3.05, 3.63) is 76.6 Å². The van der Waals surface area contributed by atoms with E-state index in [2.05, 4.69) is 15.1 Å². The summed E-state index contributed by atoms with van der Waals surface area (Å²) >= 11 is 0. The third-order valence-corrected chi connectivity index (χ3v) is 3.62. The van der Waals surface area contributed by atoms with Gasteiger partial charge in [0.05, 0.1) is 6.21 Å². The summed E-state index contributed by atoms with van der Waals surface area (Å²) in [7, 11) is 0. The van der Waals surface area contributed by atoms with Crippen molar-refractivity contribution >= 4 is 28.2 Å². The van der Waals surface area contributed by atoms with Crippen LogP contribution < -0.4 is 5.56 Å². The number of benzene rings is 2. The van der Waals surface area contributed by atoms with Gasteiger partial charge in [-0.3, -0.25) is 4.79 Å². The predicted molar refractivity (Wildman–Crippen MR) is 87.3 cm³/mol. The Morgan fingerprint density at radius 3 is 2.78 bits per heavy atom. The largest absolute Gasteiger partial charge is 0.349 e. The molecule has 0 saturated heterocycles. The molecule has 112 valence electrons. The van der Waals surface area contributed by atoms with Crippen molar-refractivity contribution in [1.82, 2.24) is 14.6 Å². The van der Waals surface area contributed by atoms with Gasteiger partial charge in [-0.25, -0.2) is 9.37 Å². The van der Waals surface area contributed by atoms with Crippen molar-refractivity contribution < 1.29 is 4.39 Å². The minimum absolute atomic E-state index is 0.302. The third kappa shape index (κ3) is 2.20. The van der Waals surface area contributed by atoms with Crippen LogP contribution in [0.2, 0.25) is 0 Å². The Morgan fingerprint density at radius 1 is 1.13 bits per heavy atom. The fourth-order valence-corrected chi connectivity index (χ4v) is 2.48. The maximum atomic E-state index is 13.6. The van der Waals surface area contributed by atoms with Crippen molar-refractivity contribution in [1.29, 1.82) is 0 Å². The summed E-state index contributed by atoms with van der Waals surface area (Å²) in [5, 5.41) is 4.89. The van der Waals surface area contributed by atoms with Crippen LogP contribution in [0, 0.1) is 5.82 Å². The zero-order valence-corrected chi connectivity index (χ0v) is 11.9. The van der Waals surface area contributed by atoms with E-state index in [-0.39, 0.29) is 5.56 Å². The maximum Gasteiger partial charge on any atom is 0.298 e. The number of para-hydroxylation sites is 1. The molecule has 1 N–H and O–H groups in total. The Bertz CT molecular complexity index is 1110. The molecular formula is C17H11FN4O. The number of H-pyrrole nitrogens is 1. The lowest BCUT2D eigenvalue weighted by molar-refractivity contribution is 0.625. The molecule has 0 fully saturated rings. The number of hydrogen-bond donors (Lipinski definition) is 1. The van der Waals surface area contributed by atoms with Gasteiger partial charge in [-0.15, -0.1) is 0 Å². The molecule has 23 heavy (non-hydrogen) atoms. The smallest absolute Gasteiger partial charge is 0.298 e. The highest BCUT2D eigenvalue weighted by molar-refractivity contribution is 6.04. The molecule has 0 atom stereocenters. The summed E-state index contributed by atoms with van der Waals surface area (Å²) in [6, 6.07) is 13.8. The van der Waals surface area contributed by atoms with Gasteiger partial charge in [-0.05, 0) is 12.1 Å². The number of fused-ring (bicyclic) bond motifs is 3. The monoisotopic (exact) mass is 306 g/mol. The summed E-state index contributed by atoms with van der Waals surface area (Å²) in [6.07, 6.45) is 2.63. The van der Waals surface area contributed by atoms with E-state index in [0.717, 1.165) is 15.6 Å². The van der Waals surface area contributed by atoms with Gasteiger partial charge in [0, 0.05) is 16.5 Å². The number of halogens is 1. The van der Waals surface area contributed by atoms with E-state index in [1.54, 1.807) is 18.2 Å². The van der Waals surface area contributed by atoms with E-state index in [1.165, 1.54) is 18.6 Å². The second-order valence-electron chi connectivity index (χ2n) is 5.05. The highest BCUT2D eigenvalue weighted by Crippen LogP contribution is 2.20. The zero-order valence-electron chi connectivity index (χ0n) is 11.9. The van der Waals surface area contributed by atoms with Crippen LogP contribution in [0.15, 0.2) is 64.8 Å². The van der Waals surface area contributed by atoms with Gasteiger partial charge >= 0.3 is 0 Å². The summed E-state index contributed by atoms with van der Waals surface area (Å²) in [4.78, 5) is 19.8. The first-order valence-electron chi connectivity index (χ1n) is 7.01. The molecule has 0 unspecified atom stereocenters. The molecule has 0 bridgehead atoms. The van der Waals surface area contributed by atoms with Crippen LogP contribution in [-0.2, 0) is 0 Å². The molecule has 2 aromatic carbocycles. The second kappa shape index (κ2) is 5.17. The van der Waals surface area contributed by atoms with E-state index in [0.29, 0.717) is 16.6 Å². The Kier molecular flexibility index (Phi) is 3.01. The first kappa shape index (κ1) is 13.4. The normalized spacial score (nSPS) is 11.7. The van der Waals surface area contributed by atoms with Crippen molar-refractivity contribution in [2.45, 2.75) is 0 Å². The summed E-state index contributed by atoms with van der Waals surface area (Å²) in [6.45, 7) is 0. The van der Waals surface area contributed by atoms with Crippen molar-refractivity contribution in [3.63, 3.8) is 0 Å². The molecule has 2 heterocycles. The lowest BCUT2D eigenvalue weighted by Gasteiger charge is -1.98. The van der Waals surface area contributed by atoms with Crippen LogP contribution in [0.25, 0.3) is 21.9 Å². The molecule has 2 aromatic heterocycles. The molecule has 4 aromatic rings. The summed E-state index contributed by atoms with van der Waals surface area (Å²) < 4.78 is 14.7. The van der Waals surface area contributed by atoms with E-state index in [1.807, 2.05) is 24.3 Å². The molecule has 6 heteroatoms. The molecule has 0 radical (unpaired) electrons. The fraction of sp³-hybridized carbons (Fsp3) is 0. The van der Waals surface area contributed by atoms with Crippen LogP contribution in [0.1, 0.15) is 5.56 Å². The molecule has 0 aliphatic heterocycles. The number of aromatic nitrogens is 3. The molecule has 0 amide bonds. The number of rotatable bonds is 2. The van der Waals surface area contributed by atoms with Gasteiger partial charge in [-0.1, -0.05) is 36.4 Å². The standard InChI is InChI=1S/C17H11FN4O/c18-13-7-3-1-5-11(13)9-20-22-10-19-15-12-6-2-4-8-14(12)21-16(15)17(22)23/h1-10,21H/b20-9-. The van der Waals surface area contributed by atoms with Crippen LogP contribution in [0.3, 0.4) is 0 Å². The van der Waals surface area contributed by atoms with Crippen molar-refractivity contribution in [2.75, 3.05) is 0 Å². The zero-order chi connectivity index (χ0) is 15.8.